The minimum atomic E-state index is -0.220. The van der Waals surface area contributed by atoms with Crippen molar-refractivity contribution in [3.05, 3.63) is 59.5 Å². The number of nitrogens with one attached hydrogen (secondary N) is 1. The van der Waals surface area contributed by atoms with Crippen LogP contribution in [0.25, 0.3) is 10.9 Å². The lowest BCUT2D eigenvalue weighted by Crippen LogP contribution is -2.34. The van der Waals surface area contributed by atoms with Crippen LogP contribution in [0.2, 0.25) is 0 Å². The zero-order valence-electron chi connectivity index (χ0n) is 19.9. The number of hydrogen-bond acceptors (Lipinski definition) is 5. The van der Waals surface area contributed by atoms with Gasteiger partial charge in [-0.05, 0) is 73.7 Å². The standard InChI is InChI=1S/C27H34FN3O2/c1-19-8-12-31(13-9-19)11-4-14-33-27-18-25-23(17-26(27)32-3)20(7-10-30-25)15-21-5-6-22(29-2)16-24(21)28/h5-7,10,16-19,29H,4,8-9,11-15H2,1-3H3. The number of methoxy groups -OCH3 is 1. The Morgan fingerprint density at radius 1 is 1.09 bits per heavy atom. The molecule has 2 aromatic carbocycles. The fraction of sp³-hybridized carbons (Fsp3) is 0.444. The number of likely N-dealkylation sites (tertiary alicyclic amines) is 1. The van der Waals surface area contributed by atoms with Crippen LogP contribution in [0.5, 0.6) is 11.5 Å². The van der Waals surface area contributed by atoms with Crippen molar-refractivity contribution in [2.75, 3.05) is 45.7 Å². The highest BCUT2D eigenvalue weighted by Gasteiger charge is 2.16. The van der Waals surface area contributed by atoms with E-state index in [0.717, 1.165) is 41.0 Å². The third-order valence-corrected chi connectivity index (χ3v) is 6.59. The lowest BCUT2D eigenvalue weighted by atomic mass is 9.99. The second-order valence-corrected chi connectivity index (χ2v) is 8.95. The van der Waals surface area contributed by atoms with E-state index >= 15 is 0 Å². The van der Waals surface area contributed by atoms with E-state index in [2.05, 4.69) is 22.1 Å². The second kappa shape index (κ2) is 10.8. The quantitative estimate of drug-likeness (QED) is 0.434. The lowest BCUT2D eigenvalue weighted by molar-refractivity contribution is 0.176. The lowest BCUT2D eigenvalue weighted by Gasteiger charge is -2.30. The summed E-state index contributed by atoms with van der Waals surface area (Å²) in [5, 5.41) is 3.91. The molecule has 1 aliphatic heterocycles. The van der Waals surface area contributed by atoms with E-state index < -0.39 is 0 Å². The van der Waals surface area contributed by atoms with Crippen molar-refractivity contribution in [2.24, 2.45) is 5.92 Å². The summed E-state index contributed by atoms with van der Waals surface area (Å²) >= 11 is 0. The smallest absolute Gasteiger partial charge is 0.163 e. The Labute approximate surface area is 195 Å². The summed E-state index contributed by atoms with van der Waals surface area (Å²) in [6.45, 7) is 6.40. The van der Waals surface area contributed by atoms with Crippen molar-refractivity contribution in [1.29, 1.82) is 0 Å². The number of nitrogens with zero attached hydrogens (tertiary/aromatic N) is 2. The minimum absolute atomic E-state index is 0.220. The molecule has 0 unspecified atom stereocenters. The van der Waals surface area contributed by atoms with Crippen molar-refractivity contribution in [3.63, 3.8) is 0 Å². The topological polar surface area (TPSA) is 46.6 Å². The predicted molar refractivity (Wildman–Crippen MR) is 132 cm³/mol. The Bertz CT molecular complexity index is 1080. The fourth-order valence-corrected chi connectivity index (χ4v) is 4.44. The molecule has 1 aliphatic rings. The normalized spacial score (nSPS) is 15.0. The van der Waals surface area contributed by atoms with E-state index in [-0.39, 0.29) is 5.82 Å². The highest BCUT2D eigenvalue weighted by Crippen LogP contribution is 2.34. The molecule has 6 heteroatoms. The van der Waals surface area contributed by atoms with Crippen LogP contribution in [0.15, 0.2) is 42.6 Å². The summed E-state index contributed by atoms with van der Waals surface area (Å²) in [5.74, 6) is 2.00. The van der Waals surface area contributed by atoms with E-state index in [1.54, 1.807) is 20.4 Å². The first-order valence-electron chi connectivity index (χ1n) is 11.8. The average Bonchev–Trinajstić information content (AvgIpc) is 2.83. The zero-order valence-corrected chi connectivity index (χ0v) is 19.9. The summed E-state index contributed by atoms with van der Waals surface area (Å²) in [4.78, 5) is 7.06. The number of piperidine rings is 1. The van der Waals surface area contributed by atoms with Crippen LogP contribution < -0.4 is 14.8 Å². The molecule has 2 heterocycles. The van der Waals surface area contributed by atoms with E-state index in [1.807, 2.05) is 30.3 Å². The third kappa shape index (κ3) is 5.74. The Kier molecular flexibility index (Phi) is 7.65. The number of benzene rings is 2. The van der Waals surface area contributed by atoms with Crippen LogP contribution in [0, 0.1) is 11.7 Å². The van der Waals surface area contributed by atoms with Gasteiger partial charge in [0.05, 0.1) is 19.2 Å². The molecule has 1 fully saturated rings. The van der Waals surface area contributed by atoms with Gasteiger partial charge in [-0.1, -0.05) is 13.0 Å². The average molecular weight is 452 g/mol. The highest BCUT2D eigenvalue weighted by atomic mass is 19.1. The first kappa shape index (κ1) is 23.3. The van der Waals surface area contributed by atoms with Crippen LogP contribution in [0.3, 0.4) is 0 Å². The second-order valence-electron chi connectivity index (χ2n) is 8.95. The number of ether oxygens (including phenoxy) is 2. The summed E-state index contributed by atoms with van der Waals surface area (Å²) in [6.07, 6.45) is 5.80. The summed E-state index contributed by atoms with van der Waals surface area (Å²) in [5.41, 5.74) is 3.22. The Hall–Kier alpha value is -2.86. The number of fused-ring (bicyclic) bond motifs is 1. The Morgan fingerprint density at radius 2 is 1.91 bits per heavy atom. The van der Waals surface area contributed by atoms with Gasteiger partial charge in [-0.3, -0.25) is 4.98 Å². The van der Waals surface area contributed by atoms with Gasteiger partial charge in [0, 0.05) is 43.4 Å². The largest absolute Gasteiger partial charge is 0.493 e. The minimum Gasteiger partial charge on any atom is -0.493 e. The maximum Gasteiger partial charge on any atom is 0.163 e. The molecule has 0 radical (unpaired) electrons. The van der Waals surface area contributed by atoms with E-state index in [0.29, 0.717) is 30.1 Å². The molecule has 0 spiro atoms. The summed E-state index contributed by atoms with van der Waals surface area (Å²) in [6, 6.07) is 11.1. The van der Waals surface area contributed by atoms with Crippen LogP contribution in [0.4, 0.5) is 10.1 Å². The van der Waals surface area contributed by atoms with Crippen molar-refractivity contribution in [1.82, 2.24) is 9.88 Å². The van der Waals surface area contributed by atoms with Crippen molar-refractivity contribution >= 4 is 16.6 Å². The van der Waals surface area contributed by atoms with Gasteiger partial charge in [0.25, 0.3) is 0 Å². The summed E-state index contributed by atoms with van der Waals surface area (Å²) < 4.78 is 26.3. The first-order valence-corrected chi connectivity index (χ1v) is 11.8. The number of rotatable bonds is 9. The molecule has 1 saturated heterocycles. The molecule has 4 rings (SSSR count). The van der Waals surface area contributed by atoms with Crippen molar-refractivity contribution < 1.29 is 13.9 Å². The molecule has 1 N–H and O–H groups in total. The van der Waals surface area contributed by atoms with E-state index in [9.17, 15) is 4.39 Å². The highest BCUT2D eigenvalue weighted by molar-refractivity contribution is 5.86. The molecule has 5 nitrogen and oxygen atoms in total. The maximum absolute atomic E-state index is 14.6. The monoisotopic (exact) mass is 451 g/mol. The first-order chi connectivity index (χ1) is 16.1. The molecule has 1 aromatic heterocycles. The Balaban J connectivity index is 1.46. The van der Waals surface area contributed by atoms with E-state index in [4.69, 9.17) is 9.47 Å². The van der Waals surface area contributed by atoms with Crippen molar-refractivity contribution in [2.45, 2.75) is 32.6 Å². The molecule has 33 heavy (non-hydrogen) atoms. The van der Waals surface area contributed by atoms with Gasteiger partial charge >= 0.3 is 0 Å². The molecule has 176 valence electrons. The van der Waals surface area contributed by atoms with Crippen molar-refractivity contribution in [3.8, 4) is 11.5 Å². The molecule has 0 atom stereocenters. The predicted octanol–water partition coefficient (Wildman–Crippen LogP) is 5.52. The molecule has 0 saturated carbocycles. The van der Waals surface area contributed by atoms with Crippen LogP contribution in [-0.4, -0.2) is 50.3 Å². The van der Waals surface area contributed by atoms with Gasteiger partial charge in [0.1, 0.15) is 5.82 Å². The van der Waals surface area contributed by atoms with Crippen LogP contribution in [-0.2, 0) is 6.42 Å². The van der Waals surface area contributed by atoms with E-state index in [1.165, 1.54) is 32.0 Å². The number of anilines is 1. The van der Waals surface area contributed by atoms with Gasteiger partial charge < -0.3 is 19.7 Å². The molecule has 0 bridgehead atoms. The van der Waals surface area contributed by atoms with Crippen LogP contribution in [0.1, 0.15) is 37.3 Å². The molecular formula is C27H34FN3O2. The number of pyridine rings is 1. The third-order valence-electron chi connectivity index (χ3n) is 6.59. The molecule has 0 aliphatic carbocycles. The number of aromatic nitrogens is 1. The Morgan fingerprint density at radius 3 is 2.64 bits per heavy atom. The number of halogens is 1. The van der Waals surface area contributed by atoms with Crippen LogP contribution >= 0.6 is 0 Å². The molecular weight excluding hydrogens is 417 g/mol. The van der Waals surface area contributed by atoms with Gasteiger partial charge in [0.15, 0.2) is 11.5 Å². The fourth-order valence-electron chi connectivity index (χ4n) is 4.44. The number of hydrogen-bond donors (Lipinski definition) is 1. The van der Waals surface area contributed by atoms with Gasteiger partial charge in [-0.15, -0.1) is 0 Å². The van der Waals surface area contributed by atoms with Gasteiger partial charge in [-0.2, -0.15) is 0 Å². The van der Waals surface area contributed by atoms with Gasteiger partial charge in [-0.25, -0.2) is 4.39 Å². The summed E-state index contributed by atoms with van der Waals surface area (Å²) in [7, 11) is 3.43. The molecule has 0 amide bonds. The zero-order chi connectivity index (χ0) is 23.2. The SMILES string of the molecule is CNc1ccc(Cc2ccnc3cc(OCCCN4CCC(C)CC4)c(OC)cc23)c(F)c1. The van der Waals surface area contributed by atoms with Gasteiger partial charge in [0.2, 0.25) is 0 Å². The maximum atomic E-state index is 14.6. The molecule has 3 aromatic rings.